The number of benzene rings is 1. The van der Waals surface area contributed by atoms with Gasteiger partial charge in [-0.05, 0) is 56.9 Å². The SMILES string of the molecule is CCOc1ccc(Nc2cc(N)c3nc([C@H]4CC[C@@H](N)CC4)cn3n2)cc1. The number of nitrogens with two attached hydrogens (primary N) is 2. The number of rotatable bonds is 5. The van der Waals surface area contributed by atoms with E-state index in [0.717, 1.165) is 42.8 Å². The molecule has 1 saturated carbocycles. The second kappa shape index (κ2) is 7.44. The van der Waals surface area contributed by atoms with Crippen molar-refractivity contribution in [2.75, 3.05) is 17.7 Å². The number of aromatic nitrogens is 3. The largest absolute Gasteiger partial charge is 0.494 e. The summed E-state index contributed by atoms with van der Waals surface area (Å²) in [6.07, 6.45) is 6.24. The maximum atomic E-state index is 6.24. The van der Waals surface area contributed by atoms with Crippen LogP contribution in [0.5, 0.6) is 5.75 Å². The Balaban J connectivity index is 1.55. The lowest BCUT2D eigenvalue weighted by molar-refractivity contribution is 0.340. The first kappa shape index (κ1) is 17.6. The summed E-state index contributed by atoms with van der Waals surface area (Å²) >= 11 is 0. The van der Waals surface area contributed by atoms with Crippen LogP contribution in [-0.2, 0) is 0 Å². The molecule has 0 atom stereocenters. The normalized spacial score (nSPS) is 19.9. The Morgan fingerprint density at radius 3 is 2.63 bits per heavy atom. The van der Waals surface area contributed by atoms with Gasteiger partial charge in [-0.25, -0.2) is 9.50 Å². The minimum Gasteiger partial charge on any atom is -0.494 e. The Hall–Kier alpha value is -2.80. The molecule has 0 amide bonds. The molecule has 0 saturated heterocycles. The average Bonchev–Trinajstić information content (AvgIpc) is 3.09. The molecule has 142 valence electrons. The first-order valence-corrected chi connectivity index (χ1v) is 9.53. The maximum Gasteiger partial charge on any atom is 0.177 e. The van der Waals surface area contributed by atoms with Crippen LogP contribution < -0.4 is 21.5 Å². The summed E-state index contributed by atoms with van der Waals surface area (Å²) in [5.74, 6) is 1.96. The van der Waals surface area contributed by atoms with Gasteiger partial charge in [-0.15, -0.1) is 5.10 Å². The molecule has 3 aromatic rings. The fraction of sp³-hybridized carbons (Fsp3) is 0.400. The number of fused-ring (bicyclic) bond motifs is 1. The number of hydrogen-bond acceptors (Lipinski definition) is 6. The second-order valence-corrected chi connectivity index (χ2v) is 7.11. The van der Waals surface area contributed by atoms with Gasteiger partial charge < -0.3 is 21.5 Å². The Kier molecular flexibility index (Phi) is 4.85. The molecule has 0 aliphatic heterocycles. The van der Waals surface area contributed by atoms with Crippen molar-refractivity contribution >= 4 is 22.8 Å². The van der Waals surface area contributed by atoms with Gasteiger partial charge in [0.25, 0.3) is 0 Å². The molecule has 4 rings (SSSR count). The third kappa shape index (κ3) is 3.83. The van der Waals surface area contributed by atoms with E-state index in [-0.39, 0.29) is 0 Å². The molecular weight excluding hydrogens is 340 g/mol. The molecule has 1 aliphatic carbocycles. The molecular formula is C20H26N6O. The number of imidazole rings is 1. The van der Waals surface area contributed by atoms with E-state index in [9.17, 15) is 0 Å². The number of hydrogen-bond donors (Lipinski definition) is 3. The monoisotopic (exact) mass is 366 g/mol. The summed E-state index contributed by atoms with van der Waals surface area (Å²) in [6.45, 7) is 2.62. The van der Waals surface area contributed by atoms with Crippen molar-refractivity contribution in [3.63, 3.8) is 0 Å². The summed E-state index contributed by atoms with van der Waals surface area (Å²) in [6, 6.07) is 9.91. The zero-order valence-electron chi connectivity index (χ0n) is 15.6. The Morgan fingerprint density at radius 2 is 1.93 bits per heavy atom. The number of ether oxygens (including phenoxy) is 1. The van der Waals surface area contributed by atoms with Gasteiger partial charge in [0.05, 0.1) is 24.2 Å². The van der Waals surface area contributed by atoms with Gasteiger partial charge in [0.15, 0.2) is 11.5 Å². The fourth-order valence-electron chi connectivity index (χ4n) is 3.64. The van der Waals surface area contributed by atoms with Crippen molar-refractivity contribution in [1.29, 1.82) is 0 Å². The van der Waals surface area contributed by atoms with E-state index >= 15 is 0 Å². The smallest absolute Gasteiger partial charge is 0.177 e. The molecule has 0 unspecified atom stereocenters. The van der Waals surface area contributed by atoms with Gasteiger partial charge in [-0.1, -0.05) is 0 Å². The van der Waals surface area contributed by atoms with Crippen molar-refractivity contribution in [3.05, 3.63) is 42.2 Å². The lowest BCUT2D eigenvalue weighted by Crippen LogP contribution is -2.25. The van der Waals surface area contributed by atoms with E-state index in [1.807, 2.05) is 43.5 Å². The molecule has 2 aromatic heterocycles. The molecule has 5 N–H and O–H groups in total. The van der Waals surface area contributed by atoms with Gasteiger partial charge >= 0.3 is 0 Å². The first-order valence-electron chi connectivity index (χ1n) is 9.53. The first-order chi connectivity index (χ1) is 13.1. The third-order valence-corrected chi connectivity index (χ3v) is 5.10. The van der Waals surface area contributed by atoms with E-state index in [2.05, 4.69) is 10.4 Å². The van der Waals surface area contributed by atoms with Crippen LogP contribution >= 0.6 is 0 Å². The summed E-state index contributed by atoms with van der Waals surface area (Å²) < 4.78 is 7.25. The highest BCUT2D eigenvalue weighted by molar-refractivity contribution is 5.70. The molecule has 2 heterocycles. The minimum atomic E-state index is 0.325. The Bertz CT molecular complexity index is 912. The quantitative estimate of drug-likeness (QED) is 0.639. The maximum absolute atomic E-state index is 6.24. The predicted octanol–water partition coefficient (Wildman–Crippen LogP) is 3.44. The van der Waals surface area contributed by atoms with Crippen molar-refractivity contribution in [2.24, 2.45) is 5.73 Å². The number of nitrogens with one attached hydrogen (secondary N) is 1. The molecule has 7 nitrogen and oxygen atoms in total. The van der Waals surface area contributed by atoms with Crippen LogP contribution in [0.1, 0.15) is 44.2 Å². The highest BCUT2D eigenvalue weighted by Gasteiger charge is 2.23. The zero-order valence-corrected chi connectivity index (χ0v) is 15.6. The van der Waals surface area contributed by atoms with E-state index in [1.54, 1.807) is 4.52 Å². The van der Waals surface area contributed by atoms with E-state index in [4.69, 9.17) is 21.2 Å². The van der Waals surface area contributed by atoms with Gasteiger partial charge in [0.1, 0.15) is 5.75 Å². The third-order valence-electron chi connectivity index (χ3n) is 5.10. The molecule has 0 radical (unpaired) electrons. The van der Waals surface area contributed by atoms with E-state index in [0.29, 0.717) is 35.7 Å². The van der Waals surface area contributed by atoms with Crippen LogP contribution in [0.15, 0.2) is 36.5 Å². The molecule has 1 aromatic carbocycles. The van der Waals surface area contributed by atoms with Crippen LogP contribution in [0.25, 0.3) is 5.65 Å². The number of nitrogens with zero attached hydrogens (tertiary/aromatic N) is 3. The highest BCUT2D eigenvalue weighted by atomic mass is 16.5. The molecule has 27 heavy (non-hydrogen) atoms. The fourth-order valence-corrected chi connectivity index (χ4v) is 3.64. The molecule has 1 aliphatic rings. The van der Waals surface area contributed by atoms with Crippen molar-refractivity contribution in [3.8, 4) is 5.75 Å². The lowest BCUT2D eigenvalue weighted by atomic mass is 9.85. The lowest BCUT2D eigenvalue weighted by Gasteiger charge is -2.24. The highest BCUT2D eigenvalue weighted by Crippen LogP contribution is 2.32. The van der Waals surface area contributed by atoms with Crippen molar-refractivity contribution < 1.29 is 4.74 Å². The number of nitrogen functional groups attached to an aromatic ring is 1. The van der Waals surface area contributed by atoms with Crippen LogP contribution in [0.2, 0.25) is 0 Å². The molecule has 0 spiro atoms. The topological polar surface area (TPSA) is 103 Å². The standard InChI is InChI=1S/C20H26N6O/c1-2-27-16-9-7-15(8-10-16)23-19-11-17(22)20-24-18(12-26(20)25-19)13-3-5-14(21)6-4-13/h7-14H,2-6,21-22H2,1H3,(H,23,25)/t13-,14+. The van der Waals surface area contributed by atoms with Gasteiger partial charge in [0.2, 0.25) is 0 Å². The van der Waals surface area contributed by atoms with Crippen LogP contribution in [0, 0.1) is 0 Å². The van der Waals surface area contributed by atoms with Crippen molar-refractivity contribution in [2.45, 2.75) is 44.6 Å². The second-order valence-electron chi connectivity index (χ2n) is 7.11. The minimum absolute atomic E-state index is 0.325. The summed E-state index contributed by atoms with van der Waals surface area (Å²) in [5.41, 5.74) is 15.5. The van der Waals surface area contributed by atoms with Gasteiger partial charge in [-0.2, -0.15) is 0 Å². The Labute approximate surface area is 158 Å². The molecule has 7 heteroatoms. The van der Waals surface area contributed by atoms with Gasteiger partial charge in [0, 0.05) is 23.7 Å². The summed E-state index contributed by atoms with van der Waals surface area (Å²) in [5, 5.41) is 7.92. The van der Waals surface area contributed by atoms with Crippen LogP contribution in [-0.4, -0.2) is 27.2 Å². The predicted molar refractivity (Wildman–Crippen MR) is 107 cm³/mol. The van der Waals surface area contributed by atoms with Crippen molar-refractivity contribution in [1.82, 2.24) is 14.6 Å². The van der Waals surface area contributed by atoms with E-state index in [1.165, 1.54) is 0 Å². The Morgan fingerprint density at radius 1 is 1.19 bits per heavy atom. The summed E-state index contributed by atoms with van der Waals surface area (Å²) in [7, 11) is 0. The molecule has 0 bridgehead atoms. The molecule has 1 fully saturated rings. The van der Waals surface area contributed by atoms with E-state index < -0.39 is 0 Å². The number of anilines is 3. The van der Waals surface area contributed by atoms with Gasteiger partial charge in [-0.3, -0.25) is 0 Å². The summed E-state index contributed by atoms with van der Waals surface area (Å²) in [4.78, 5) is 4.73. The average molecular weight is 366 g/mol. The zero-order chi connectivity index (χ0) is 18.8. The van der Waals surface area contributed by atoms with Crippen LogP contribution in [0.3, 0.4) is 0 Å². The van der Waals surface area contributed by atoms with Crippen LogP contribution in [0.4, 0.5) is 17.2 Å².